The molecule has 2 aromatic rings. The molecular formula is C10H11N3S. The first-order valence-electron chi connectivity index (χ1n) is 4.46. The van der Waals surface area contributed by atoms with E-state index in [1.807, 2.05) is 23.7 Å². The fourth-order valence-electron chi connectivity index (χ4n) is 1.21. The maximum absolute atomic E-state index is 5.56. The van der Waals surface area contributed by atoms with Crippen LogP contribution in [0.15, 0.2) is 23.7 Å². The van der Waals surface area contributed by atoms with Gasteiger partial charge in [0, 0.05) is 22.8 Å². The van der Waals surface area contributed by atoms with Crippen molar-refractivity contribution in [3.63, 3.8) is 0 Å². The van der Waals surface area contributed by atoms with Gasteiger partial charge in [0.15, 0.2) is 5.13 Å². The molecule has 0 saturated carbocycles. The first kappa shape index (κ1) is 9.15. The average Bonchev–Trinajstić information content (AvgIpc) is 2.65. The van der Waals surface area contributed by atoms with E-state index in [4.69, 9.17) is 5.73 Å². The number of nitrogens with zero attached hydrogens (tertiary/aromatic N) is 2. The zero-order valence-corrected chi connectivity index (χ0v) is 8.71. The topological polar surface area (TPSA) is 51.8 Å². The summed E-state index contributed by atoms with van der Waals surface area (Å²) in [4.78, 5) is 8.50. The molecule has 3 nitrogen and oxygen atoms in total. The Hall–Kier alpha value is -1.42. The molecule has 0 aliphatic heterocycles. The van der Waals surface area contributed by atoms with Crippen molar-refractivity contribution in [2.45, 2.75) is 13.3 Å². The Labute approximate surface area is 86.6 Å². The summed E-state index contributed by atoms with van der Waals surface area (Å²) >= 11 is 1.45. The van der Waals surface area contributed by atoms with Crippen molar-refractivity contribution in [3.05, 3.63) is 29.4 Å². The SMILES string of the molecule is CCc1ccc(-c2csc(N)n2)cn1. The third-order valence-corrected chi connectivity index (χ3v) is 2.68. The lowest BCUT2D eigenvalue weighted by atomic mass is 10.2. The largest absolute Gasteiger partial charge is 0.375 e. The quantitative estimate of drug-likeness (QED) is 0.818. The predicted molar refractivity (Wildman–Crippen MR) is 59.1 cm³/mol. The summed E-state index contributed by atoms with van der Waals surface area (Å²) in [5.41, 5.74) is 8.58. The number of thiazole rings is 1. The molecule has 0 aromatic carbocycles. The van der Waals surface area contributed by atoms with E-state index in [2.05, 4.69) is 16.9 Å². The molecule has 0 aliphatic carbocycles. The Balaban J connectivity index is 2.33. The van der Waals surface area contributed by atoms with E-state index in [-0.39, 0.29) is 0 Å². The molecule has 2 aromatic heterocycles. The van der Waals surface area contributed by atoms with Gasteiger partial charge >= 0.3 is 0 Å². The van der Waals surface area contributed by atoms with Gasteiger partial charge in [0.25, 0.3) is 0 Å². The smallest absolute Gasteiger partial charge is 0.180 e. The van der Waals surface area contributed by atoms with Crippen molar-refractivity contribution in [3.8, 4) is 11.3 Å². The van der Waals surface area contributed by atoms with E-state index >= 15 is 0 Å². The maximum Gasteiger partial charge on any atom is 0.180 e. The lowest BCUT2D eigenvalue weighted by molar-refractivity contribution is 1.04. The van der Waals surface area contributed by atoms with Crippen LogP contribution in [0.2, 0.25) is 0 Å². The minimum atomic E-state index is 0.597. The standard InChI is InChI=1S/C10H11N3S/c1-2-8-4-3-7(5-12-8)9-6-14-10(11)13-9/h3-6H,2H2,1H3,(H2,11,13). The van der Waals surface area contributed by atoms with Crippen LogP contribution in [-0.2, 0) is 6.42 Å². The van der Waals surface area contributed by atoms with Gasteiger partial charge in [-0.1, -0.05) is 6.92 Å². The first-order chi connectivity index (χ1) is 6.79. The molecule has 72 valence electrons. The van der Waals surface area contributed by atoms with Gasteiger partial charge in [-0.05, 0) is 18.6 Å². The number of aromatic nitrogens is 2. The van der Waals surface area contributed by atoms with Gasteiger partial charge in [-0.3, -0.25) is 4.98 Å². The molecule has 0 saturated heterocycles. The summed E-state index contributed by atoms with van der Waals surface area (Å²) in [5, 5.41) is 2.54. The molecular weight excluding hydrogens is 194 g/mol. The molecule has 0 atom stereocenters. The molecule has 4 heteroatoms. The van der Waals surface area contributed by atoms with E-state index in [0.29, 0.717) is 5.13 Å². The highest BCUT2D eigenvalue weighted by Crippen LogP contribution is 2.22. The van der Waals surface area contributed by atoms with E-state index in [9.17, 15) is 0 Å². The number of anilines is 1. The molecule has 14 heavy (non-hydrogen) atoms. The molecule has 2 heterocycles. The lowest BCUT2D eigenvalue weighted by Crippen LogP contribution is -1.87. The van der Waals surface area contributed by atoms with Crippen LogP contribution < -0.4 is 5.73 Å². The highest BCUT2D eigenvalue weighted by molar-refractivity contribution is 7.13. The van der Waals surface area contributed by atoms with Crippen molar-refractivity contribution in [2.24, 2.45) is 0 Å². The average molecular weight is 205 g/mol. The number of rotatable bonds is 2. The Morgan fingerprint density at radius 2 is 2.29 bits per heavy atom. The molecule has 0 bridgehead atoms. The first-order valence-corrected chi connectivity index (χ1v) is 5.34. The van der Waals surface area contributed by atoms with E-state index in [0.717, 1.165) is 23.4 Å². The molecule has 0 aliphatic rings. The molecule has 2 N–H and O–H groups in total. The molecule has 2 rings (SSSR count). The highest BCUT2D eigenvalue weighted by atomic mass is 32.1. The minimum Gasteiger partial charge on any atom is -0.375 e. The summed E-state index contributed by atoms with van der Waals surface area (Å²) in [6.45, 7) is 2.09. The number of aryl methyl sites for hydroxylation is 1. The number of hydrogen-bond acceptors (Lipinski definition) is 4. The van der Waals surface area contributed by atoms with Crippen LogP contribution in [0.3, 0.4) is 0 Å². The molecule has 0 spiro atoms. The van der Waals surface area contributed by atoms with Crippen LogP contribution in [0.1, 0.15) is 12.6 Å². The second kappa shape index (κ2) is 3.75. The highest BCUT2D eigenvalue weighted by Gasteiger charge is 2.02. The normalized spacial score (nSPS) is 10.4. The molecule has 0 amide bonds. The Kier molecular flexibility index (Phi) is 2.45. The van der Waals surface area contributed by atoms with Crippen LogP contribution >= 0.6 is 11.3 Å². The van der Waals surface area contributed by atoms with Gasteiger partial charge in [0.05, 0.1) is 5.69 Å². The summed E-state index contributed by atoms with van der Waals surface area (Å²) in [6, 6.07) is 4.05. The van der Waals surface area contributed by atoms with E-state index < -0.39 is 0 Å². The van der Waals surface area contributed by atoms with Gasteiger partial charge in [0.1, 0.15) is 0 Å². The Morgan fingerprint density at radius 3 is 2.79 bits per heavy atom. The van der Waals surface area contributed by atoms with Crippen LogP contribution in [0.4, 0.5) is 5.13 Å². The zero-order chi connectivity index (χ0) is 9.97. The maximum atomic E-state index is 5.56. The van der Waals surface area contributed by atoms with Gasteiger partial charge in [-0.2, -0.15) is 0 Å². The monoisotopic (exact) mass is 205 g/mol. The summed E-state index contributed by atoms with van der Waals surface area (Å²) in [5.74, 6) is 0. The Bertz CT molecular complexity index is 419. The second-order valence-electron chi connectivity index (χ2n) is 2.96. The molecule has 0 fully saturated rings. The summed E-state index contributed by atoms with van der Waals surface area (Å²) < 4.78 is 0. The predicted octanol–water partition coefficient (Wildman–Crippen LogP) is 2.35. The van der Waals surface area contributed by atoms with Gasteiger partial charge in [-0.25, -0.2) is 4.98 Å². The van der Waals surface area contributed by atoms with Crippen molar-refractivity contribution in [1.82, 2.24) is 9.97 Å². The van der Waals surface area contributed by atoms with Crippen molar-refractivity contribution in [2.75, 3.05) is 5.73 Å². The summed E-state index contributed by atoms with van der Waals surface area (Å²) in [7, 11) is 0. The number of hydrogen-bond donors (Lipinski definition) is 1. The molecule has 0 radical (unpaired) electrons. The number of nitrogen functional groups attached to an aromatic ring is 1. The van der Waals surface area contributed by atoms with Gasteiger partial charge < -0.3 is 5.73 Å². The van der Waals surface area contributed by atoms with E-state index in [1.54, 1.807) is 0 Å². The van der Waals surface area contributed by atoms with Crippen LogP contribution in [0.5, 0.6) is 0 Å². The zero-order valence-electron chi connectivity index (χ0n) is 7.90. The second-order valence-corrected chi connectivity index (χ2v) is 3.85. The fraction of sp³-hybridized carbons (Fsp3) is 0.200. The van der Waals surface area contributed by atoms with Crippen LogP contribution in [0.25, 0.3) is 11.3 Å². The van der Waals surface area contributed by atoms with Gasteiger partial charge in [0.2, 0.25) is 0 Å². The number of pyridine rings is 1. The third kappa shape index (κ3) is 1.75. The van der Waals surface area contributed by atoms with Crippen LogP contribution in [-0.4, -0.2) is 9.97 Å². The van der Waals surface area contributed by atoms with Gasteiger partial charge in [-0.15, -0.1) is 11.3 Å². The van der Waals surface area contributed by atoms with E-state index in [1.165, 1.54) is 11.3 Å². The minimum absolute atomic E-state index is 0.597. The lowest BCUT2D eigenvalue weighted by Gasteiger charge is -1.97. The number of nitrogens with two attached hydrogens (primary N) is 1. The van der Waals surface area contributed by atoms with Crippen LogP contribution in [0, 0.1) is 0 Å². The summed E-state index contributed by atoms with van der Waals surface area (Å²) in [6.07, 6.45) is 2.80. The van der Waals surface area contributed by atoms with Crippen molar-refractivity contribution in [1.29, 1.82) is 0 Å². The Morgan fingerprint density at radius 1 is 1.43 bits per heavy atom. The van der Waals surface area contributed by atoms with Crippen molar-refractivity contribution < 1.29 is 0 Å². The van der Waals surface area contributed by atoms with Crippen molar-refractivity contribution >= 4 is 16.5 Å². The molecule has 0 unspecified atom stereocenters. The third-order valence-electron chi connectivity index (χ3n) is 2.00. The fourth-order valence-corrected chi connectivity index (χ4v) is 1.78.